The Hall–Kier alpha value is -1.73. The lowest BCUT2D eigenvalue weighted by molar-refractivity contribution is 0.0439. The number of hydrogen-bond donors (Lipinski definition) is 1. The summed E-state index contributed by atoms with van der Waals surface area (Å²) >= 11 is 0. The highest BCUT2D eigenvalue weighted by Crippen LogP contribution is 2.19. The molecule has 0 unspecified atom stereocenters. The molecule has 0 amide bonds. The van der Waals surface area contributed by atoms with Gasteiger partial charge in [0.25, 0.3) is 0 Å². The molecule has 2 aromatic rings. The predicted molar refractivity (Wildman–Crippen MR) is 54.9 cm³/mol. The van der Waals surface area contributed by atoms with Crippen molar-refractivity contribution in [2.24, 2.45) is 0 Å². The molecule has 2 heterocycles. The molecular weight excluding hydrogens is 212 g/mol. The van der Waals surface area contributed by atoms with Crippen molar-refractivity contribution in [3.63, 3.8) is 0 Å². The second-order valence-corrected chi connectivity index (χ2v) is 3.03. The molecule has 86 valence electrons. The number of aliphatic hydroxyl groups is 1. The molecule has 16 heavy (non-hydrogen) atoms. The number of methoxy groups -OCH3 is 1. The molecule has 2 aromatic heterocycles. The molecule has 0 atom stereocenters. The van der Waals surface area contributed by atoms with E-state index in [0.717, 1.165) is 5.39 Å². The van der Waals surface area contributed by atoms with Gasteiger partial charge in [0.15, 0.2) is 5.65 Å². The molecule has 0 aromatic carbocycles. The summed E-state index contributed by atoms with van der Waals surface area (Å²) in [6.07, 6.45) is 3.03. The van der Waals surface area contributed by atoms with E-state index >= 15 is 0 Å². The number of ether oxygens (including phenoxy) is 2. The fraction of sp³-hybridized carbons (Fsp3) is 0.444. The van der Waals surface area contributed by atoms with Gasteiger partial charge in [0, 0.05) is 0 Å². The van der Waals surface area contributed by atoms with Crippen LogP contribution in [0.15, 0.2) is 12.5 Å². The fourth-order valence-electron chi connectivity index (χ4n) is 1.34. The first-order valence-electron chi connectivity index (χ1n) is 4.76. The van der Waals surface area contributed by atoms with Crippen molar-refractivity contribution in [1.82, 2.24) is 19.7 Å². The molecule has 0 fully saturated rings. The lowest BCUT2D eigenvalue weighted by Gasteiger charge is -2.03. The predicted octanol–water partition coefficient (Wildman–Crippen LogP) is -0.199. The summed E-state index contributed by atoms with van der Waals surface area (Å²) in [5, 5.41) is 13.4. The SMILES string of the molecule is COc1ncnc2c1cnn2COCCO. The Bertz CT molecular complexity index is 471. The summed E-state index contributed by atoms with van der Waals surface area (Å²) in [7, 11) is 1.54. The molecule has 1 N–H and O–H groups in total. The minimum atomic E-state index is -0.0164. The van der Waals surface area contributed by atoms with Gasteiger partial charge in [0.2, 0.25) is 5.88 Å². The Kier molecular flexibility index (Phi) is 3.28. The van der Waals surface area contributed by atoms with E-state index < -0.39 is 0 Å². The van der Waals surface area contributed by atoms with E-state index in [0.29, 0.717) is 11.5 Å². The van der Waals surface area contributed by atoms with E-state index in [1.54, 1.807) is 18.0 Å². The third kappa shape index (κ3) is 1.95. The normalized spacial score (nSPS) is 10.9. The number of nitrogens with zero attached hydrogens (tertiary/aromatic N) is 4. The average molecular weight is 224 g/mol. The summed E-state index contributed by atoms with van der Waals surface area (Å²) in [5.74, 6) is 0.485. The van der Waals surface area contributed by atoms with Crippen molar-refractivity contribution in [2.75, 3.05) is 20.3 Å². The van der Waals surface area contributed by atoms with E-state index in [9.17, 15) is 0 Å². The Morgan fingerprint density at radius 1 is 1.44 bits per heavy atom. The third-order valence-corrected chi connectivity index (χ3v) is 2.04. The number of hydrogen-bond acceptors (Lipinski definition) is 6. The van der Waals surface area contributed by atoms with E-state index in [1.165, 1.54) is 6.33 Å². The topological polar surface area (TPSA) is 82.3 Å². The molecule has 7 heteroatoms. The number of rotatable bonds is 5. The van der Waals surface area contributed by atoms with Gasteiger partial charge in [-0.15, -0.1) is 0 Å². The molecule has 0 bridgehead atoms. The smallest absolute Gasteiger partial charge is 0.227 e. The number of fused-ring (bicyclic) bond motifs is 1. The minimum absolute atomic E-state index is 0.0164. The maximum absolute atomic E-state index is 8.59. The first-order valence-corrected chi connectivity index (χ1v) is 4.76. The molecule has 2 rings (SSSR count). The van der Waals surface area contributed by atoms with Gasteiger partial charge in [-0.3, -0.25) is 0 Å². The zero-order valence-electron chi connectivity index (χ0n) is 8.83. The summed E-state index contributed by atoms with van der Waals surface area (Å²) in [5.41, 5.74) is 0.643. The van der Waals surface area contributed by atoms with Gasteiger partial charge in [0.1, 0.15) is 18.4 Å². The summed E-state index contributed by atoms with van der Waals surface area (Å²) in [6, 6.07) is 0. The van der Waals surface area contributed by atoms with Gasteiger partial charge >= 0.3 is 0 Å². The van der Waals surface area contributed by atoms with Crippen LogP contribution in [0.4, 0.5) is 0 Å². The van der Waals surface area contributed by atoms with Crippen LogP contribution in [0.3, 0.4) is 0 Å². The maximum atomic E-state index is 8.59. The van der Waals surface area contributed by atoms with E-state index in [4.69, 9.17) is 14.6 Å². The monoisotopic (exact) mass is 224 g/mol. The first kappa shape index (κ1) is 10.8. The summed E-state index contributed by atoms with van der Waals surface area (Å²) in [4.78, 5) is 8.06. The van der Waals surface area contributed by atoms with Crippen LogP contribution in [-0.4, -0.2) is 45.2 Å². The molecule has 0 radical (unpaired) electrons. The van der Waals surface area contributed by atoms with Crippen LogP contribution in [0.2, 0.25) is 0 Å². The average Bonchev–Trinajstić information content (AvgIpc) is 2.73. The van der Waals surface area contributed by atoms with Crippen molar-refractivity contribution in [2.45, 2.75) is 6.73 Å². The Labute approximate surface area is 91.6 Å². The van der Waals surface area contributed by atoms with Gasteiger partial charge in [-0.2, -0.15) is 5.10 Å². The second kappa shape index (κ2) is 4.86. The van der Waals surface area contributed by atoms with Gasteiger partial charge < -0.3 is 14.6 Å². The van der Waals surface area contributed by atoms with Crippen LogP contribution in [0.5, 0.6) is 5.88 Å². The van der Waals surface area contributed by atoms with E-state index in [-0.39, 0.29) is 19.9 Å². The quantitative estimate of drug-likeness (QED) is 0.708. The zero-order valence-corrected chi connectivity index (χ0v) is 8.83. The van der Waals surface area contributed by atoms with Crippen LogP contribution in [0, 0.1) is 0 Å². The number of aliphatic hydroxyl groups excluding tert-OH is 1. The van der Waals surface area contributed by atoms with Gasteiger partial charge in [-0.25, -0.2) is 14.6 Å². The molecule has 0 saturated heterocycles. The molecule has 0 saturated carbocycles. The van der Waals surface area contributed by atoms with Crippen LogP contribution in [0.1, 0.15) is 0 Å². The van der Waals surface area contributed by atoms with Gasteiger partial charge in [-0.1, -0.05) is 0 Å². The number of aromatic nitrogens is 4. The summed E-state index contributed by atoms with van der Waals surface area (Å²) < 4.78 is 11.8. The van der Waals surface area contributed by atoms with Crippen LogP contribution < -0.4 is 4.74 Å². The summed E-state index contributed by atoms with van der Waals surface area (Å²) in [6.45, 7) is 0.491. The Morgan fingerprint density at radius 2 is 2.31 bits per heavy atom. The van der Waals surface area contributed by atoms with Crippen molar-refractivity contribution >= 4 is 11.0 Å². The standard InChI is InChI=1S/C9H12N4O3/c1-15-9-7-4-12-13(6-16-3-2-14)8(7)10-5-11-9/h4-5,14H,2-3,6H2,1H3. The molecule has 0 spiro atoms. The highest BCUT2D eigenvalue weighted by atomic mass is 16.5. The molecule has 0 aliphatic rings. The minimum Gasteiger partial charge on any atom is -0.480 e. The first-order chi connectivity index (χ1) is 7.86. The zero-order chi connectivity index (χ0) is 11.4. The maximum Gasteiger partial charge on any atom is 0.227 e. The molecule has 0 aliphatic carbocycles. The molecule has 7 nitrogen and oxygen atoms in total. The van der Waals surface area contributed by atoms with Gasteiger partial charge in [0.05, 0.1) is 26.5 Å². The lowest BCUT2D eigenvalue weighted by Crippen LogP contribution is -2.07. The van der Waals surface area contributed by atoms with Crippen molar-refractivity contribution in [1.29, 1.82) is 0 Å². The van der Waals surface area contributed by atoms with E-state index in [1.807, 2.05) is 0 Å². The van der Waals surface area contributed by atoms with Crippen molar-refractivity contribution in [3.05, 3.63) is 12.5 Å². The van der Waals surface area contributed by atoms with Crippen LogP contribution >= 0.6 is 0 Å². The van der Waals surface area contributed by atoms with Crippen molar-refractivity contribution in [3.8, 4) is 5.88 Å². The van der Waals surface area contributed by atoms with Crippen LogP contribution in [0.25, 0.3) is 11.0 Å². The molecule has 0 aliphatic heterocycles. The van der Waals surface area contributed by atoms with Gasteiger partial charge in [-0.05, 0) is 0 Å². The molecular formula is C9H12N4O3. The fourth-order valence-corrected chi connectivity index (χ4v) is 1.34. The highest BCUT2D eigenvalue weighted by molar-refractivity contribution is 5.79. The van der Waals surface area contributed by atoms with Crippen molar-refractivity contribution < 1.29 is 14.6 Å². The lowest BCUT2D eigenvalue weighted by atomic mass is 10.4. The second-order valence-electron chi connectivity index (χ2n) is 3.03. The highest BCUT2D eigenvalue weighted by Gasteiger charge is 2.09. The Morgan fingerprint density at radius 3 is 3.06 bits per heavy atom. The third-order valence-electron chi connectivity index (χ3n) is 2.04. The van der Waals surface area contributed by atoms with Crippen LogP contribution in [-0.2, 0) is 11.5 Å². The Balaban J connectivity index is 2.27. The largest absolute Gasteiger partial charge is 0.480 e. The van der Waals surface area contributed by atoms with E-state index in [2.05, 4.69) is 15.1 Å².